The van der Waals surface area contributed by atoms with E-state index in [4.69, 9.17) is 4.74 Å². The van der Waals surface area contributed by atoms with E-state index in [9.17, 15) is 13.2 Å². The highest BCUT2D eigenvalue weighted by Gasteiger charge is 2.21. The van der Waals surface area contributed by atoms with Crippen molar-refractivity contribution in [3.8, 4) is 11.8 Å². The maximum Gasteiger partial charge on any atom is 0.409 e. The molecule has 0 saturated carbocycles. The van der Waals surface area contributed by atoms with Crippen LogP contribution in [0.2, 0.25) is 0 Å². The number of alkyl halides is 3. The molecule has 0 aliphatic heterocycles. The predicted molar refractivity (Wildman–Crippen MR) is 44.1 cm³/mol. The zero-order valence-electron chi connectivity index (χ0n) is 7.32. The molecular weight excluding hydrogens is 181 g/mol. The van der Waals surface area contributed by atoms with Gasteiger partial charge < -0.3 is 4.74 Å². The molecule has 1 nitrogen and oxygen atoms in total. The van der Waals surface area contributed by atoms with Crippen LogP contribution in [0.4, 0.5) is 13.2 Å². The molecule has 0 aliphatic rings. The predicted octanol–water partition coefficient (Wildman–Crippen LogP) is 2.53. The maximum absolute atomic E-state index is 11.5. The minimum atomic E-state index is -4.22. The average molecular weight is 192 g/mol. The Morgan fingerprint density at radius 2 is 2.08 bits per heavy atom. The first-order chi connectivity index (χ1) is 6.06. The minimum absolute atomic E-state index is 0.210. The molecule has 0 aromatic rings. The third-order valence-electron chi connectivity index (χ3n) is 1.09. The summed E-state index contributed by atoms with van der Waals surface area (Å²) in [5.41, 5.74) is 0. The third-order valence-corrected chi connectivity index (χ3v) is 1.09. The average Bonchev–Trinajstić information content (AvgIpc) is 2.01. The summed E-state index contributed by atoms with van der Waals surface area (Å²) in [6.45, 7) is 2.21. The van der Waals surface area contributed by atoms with E-state index < -0.39 is 6.18 Å². The first-order valence-electron chi connectivity index (χ1n) is 3.78. The van der Waals surface area contributed by atoms with Gasteiger partial charge in [-0.1, -0.05) is 12.0 Å². The molecule has 0 aliphatic carbocycles. The molecule has 0 atom stereocenters. The topological polar surface area (TPSA) is 9.23 Å². The Bertz CT molecular complexity index is 207. The van der Waals surface area contributed by atoms with Crippen LogP contribution >= 0.6 is 0 Å². The fraction of sp³-hybridized carbons (Fsp3) is 0.556. The van der Waals surface area contributed by atoms with Crippen LogP contribution < -0.4 is 0 Å². The molecule has 4 heteroatoms. The van der Waals surface area contributed by atoms with Gasteiger partial charge in [-0.05, 0) is 13.3 Å². The number of allylic oxidation sites excluding steroid dienone is 1. The lowest BCUT2D eigenvalue weighted by atomic mass is 10.4. The van der Waals surface area contributed by atoms with Gasteiger partial charge in [-0.15, -0.1) is 5.92 Å². The molecule has 0 unspecified atom stereocenters. The van der Waals surface area contributed by atoms with Crippen LogP contribution in [-0.4, -0.2) is 19.4 Å². The molecule has 0 N–H and O–H groups in total. The van der Waals surface area contributed by atoms with Crippen molar-refractivity contribution >= 4 is 0 Å². The highest BCUT2D eigenvalue weighted by molar-refractivity contribution is 4.95. The molecule has 0 amide bonds. The molecule has 0 aromatic heterocycles. The molecule has 0 rings (SSSR count). The lowest BCUT2D eigenvalue weighted by Gasteiger charge is -1.98. The van der Waals surface area contributed by atoms with E-state index in [1.165, 1.54) is 0 Å². The van der Waals surface area contributed by atoms with Gasteiger partial charge in [-0.3, -0.25) is 0 Å². The lowest BCUT2D eigenvalue weighted by Crippen LogP contribution is -2.01. The summed E-state index contributed by atoms with van der Waals surface area (Å²) in [7, 11) is 0. The number of rotatable bonds is 4. The summed E-state index contributed by atoms with van der Waals surface area (Å²) in [4.78, 5) is 0. The molecule has 74 valence electrons. The van der Waals surface area contributed by atoms with E-state index >= 15 is 0 Å². The smallest absolute Gasteiger partial charge is 0.368 e. The highest BCUT2D eigenvalue weighted by atomic mass is 19.4. The van der Waals surface area contributed by atoms with Crippen molar-refractivity contribution in [2.24, 2.45) is 0 Å². The summed E-state index contributed by atoms with van der Waals surface area (Å²) < 4.78 is 39.5. The number of halogens is 3. The number of ether oxygens (including phenoxy) is 1. The van der Waals surface area contributed by atoms with Crippen LogP contribution in [0.1, 0.15) is 13.3 Å². The van der Waals surface area contributed by atoms with Crippen molar-refractivity contribution in [1.29, 1.82) is 0 Å². The van der Waals surface area contributed by atoms with Gasteiger partial charge in [0.25, 0.3) is 0 Å². The fourth-order valence-electron chi connectivity index (χ4n) is 0.564. The van der Waals surface area contributed by atoms with Crippen molar-refractivity contribution in [2.75, 3.05) is 13.2 Å². The molecule has 0 radical (unpaired) electrons. The van der Waals surface area contributed by atoms with Gasteiger partial charge in [-0.25, -0.2) is 0 Å². The van der Waals surface area contributed by atoms with E-state index in [2.05, 4.69) is 11.8 Å². The van der Waals surface area contributed by atoms with Crippen LogP contribution in [0.25, 0.3) is 0 Å². The molecule has 0 fully saturated rings. The van der Waals surface area contributed by atoms with Gasteiger partial charge in [-0.2, -0.15) is 13.2 Å². The molecule has 0 heterocycles. The third kappa shape index (κ3) is 11.0. The molecule has 0 aromatic carbocycles. The lowest BCUT2D eigenvalue weighted by molar-refractivity contribution is -0.0800. The van der Waals surface area contributed by atoms with Crippen molar-refractivity contribution in [3.05, 3.63) is 12.2 Å². The minimum Gasteiger partial charge on any atom is -0.368 e. The van der Waals surface area contributed by atoms with E-state index in [1.807, 2.05) is 0 Å². The standard InChI is InChI=1S/C9H11F3O/c1-2-3-7-13-8-5-4-6-9(10,11)12/h4,6H,5,7-8H2,1H3/b6-4-. The fourth-order valence-corrected chi connectivity index (χ4v) is 0.564. The molecule has 0 spiro atoms. The monoisotopic (exact) mass is 192 g/mol. The first kappa shape index (κ1) is 12.0. The Kier molecular flexibility index (Phi) is 6.07. The second kappa shape index (κ2) is 6.55. The van der Waals surface area contributed by atoms with Crippen molar-refractivity contribution < 1.29 is 17.9 Å². The zero-order valence-corrected chi connectivity index (χ0v) is 7.32. The summed E-state index contributed by atoms with van der Waals surface area (Å²) in [6, 6.07) is 0. The van der Waals surface area contributed by atoms with Gasteiger partial charge in [0.1, 0.15) is 6.61 Å². The normalized spacial score (nSPS) is 11.4. The maximum atomic E-state index is 11.5. The molecule has 13 heavy (non-hydrogen) atoms. The quantitative estimate of drug-likeness (QED) is 0.378. The van der Waals surface area contributed by atoms with Crippen molar-refractivity contribution in [1.82, 2.24) is 0 Å². The SMILES string of the molecule is CC#CCOCC/C=C\C(F)(F)F. The van der Waals surface area contributed by atoms with Gasteiger partial charge in [0.15, 0.2) is 0 Å². The second-order valence-electron chi connectivity index (χ2n) is 2.21. The van der Waals surface area contributed by atoms with Gasteiger partial charge >= 0.3 is 6.18 Å². The van der Waals surface area contributed by atoms with Crippen LogP contribution in [0, 0.1) is 11.8 Å². The van der Waals surface area contributed by atoms with E-state index in [1.54, 1.807) is 6.92 Å². The Morgan fingerprint density at radius 1 is 1.38 bits per heavy atom. The molecular formula is C9H11F3O. The molecule has 0 saturated heterocycles. The Morgan fingerprint density at radius 3 is 2.62 bits per heavy atom. The number of hydrogen-bond donors (Lipinski definition) is 0. The highest BCUT2D eigenvalue weighted by Crippen LogP contribution is 2.15. The largest absolute Gasteiger partial charge is 0.409 e. The van der Waals surface area contributed by atoms with Gasteiger partial charge in [0, 0.05) is 6.08 Å². The Balaban J connectivity index is 3.34. The summed E-state index contributed by atoms with van der Waals surface area (Å²) in [5, 5.41) is 0. The Hall–Kier alpha value is -0.950. The second-order valence-corrected chi connectivity index (χ2v) is 2.21. The zero-order chi connectivity index (χ0) is 10.2. The first-order valence-corrected chi connectivity index (χ1v) is 3.78. The summed E-state index contributed by atoms with van der Waals surface area (Å²) in [6.07, 6.45) is -2.71. The van der Waals surface area contributed by atoms with E-state index in [0.29, 0.717) is 0 Å². The van der Waals surface area contributed by atoms with E-state index in [0.717, 1.165) is 6.08 Å². The van der Waals surface area contributed by atoms with Crippen LogP contribution in [-0.2, 0) is 4.74 Å². The summed E-state index contributed by atoms with van der Waals surface area (Å²) >= 11 is 0. The van der Waals surface area contributed by atoms with Crippen LogP contribution in [0.15, 0.2) is 12.2 Å². The summed E-state index contributed by atoms with van der Waals surface area (Å²) in [5.74, 6) is 5.25. The molecule has 0 bridgehead atoms. The Labute approximate surface area is 75.6 Å². The van der Waals surface area contributed by atoms with Gasteiger partial charge in [0.05, 0.1) is 6.61 Å². The van der Waals surface area contributed by atoms with Crippen LogP contribution in [0.5, 0.6) is 0 Å². The van der Waals surface area contributed by atoms with Crippen molar-refractivity contribution in [2.45, 2.75) is 19.5 Å². The van der Waals surface area contributed by atoms with Crippen molar-refractivity contribution in [3.63, 3.8) is 0 Å². The van der Waals surface area contributed by atoms with Crippen LogP contribution in [0.3, 0.4) is 0 Å². The van der Waals surface area contributed by atoms with Gasteiger partial charge in [0.2, 0.25) is 0 Å². The number of hydrogen-bond acceptors (Lipinski definition) is 1. The van der Waals surface area contributed by atoms with E-state index in [-0.39, 0.29) is 25.7 Å².